The third kappa shape index (κ3) is 3.82. The van der Waals surface area contributed by atoms with E-state index in [2.05, 4.69) is 69.2 Å². The van der Waals surface area contributed by atoms with E-state index in [1.165, 1.54) is 5.69 Å². The summed E-state index contributed by atoms with van der Waals surface area (Å²) < 4.78 is 4.39. The lowest BCUT2D eigenvalue weighted by atomic mass is 10.1. The van der Waals surface area contributed by atoms with Crippen LogP contribution in [0.4, 0.5) is 11.8 Å². The van der Waals surface area contributed by atoms with E-state index in [1.54, 1.807) is 6.20 Å². The number of fused-ring (bicyclic) bond motifs is 1. The highest BCUT2D eigenvalue weighted by Crippen LogP contribution is 2.25. The minimum absolute atomic E-state index is 0.388. The molecular formula is C20H27N9. The van der Waals surface area contributed by atoms with Gasteiger partial charge in [0.1, 0.15) is 5.82 Å². The van der Waals surface area contributed by atoms with E-state index in [0.29, 0.717) is 6.04 Å². The van der Waals surface area contributed by atoms with Crippen LogP contribution in [0, 0.1) is 0 Å². The molecule has 0 amide bonds. The van der Waals surface area contributed by atoms with E-state index < -0.39 is 0 Å². The van der Waals surface area contributed by atoms with Crippen molar-refractivity contribution in [3.05, 3.63) is 48.2 Å². The summed E-state index contributed by atoms with van der Waals surface area (Å²) in [4.78, 5) is 13.7. The molecule has 0 unspecified atom stereocenters. The van der Waals surface area contributed by atoms with Gasteiger partial charge in [-0.05, 0) is 31.0 Å². The van der Waals surface area contributed by atoms with Crippen LogP contribution in [0.1, 0.15) is 30.3 Å². The zero-order valence-corrected chi connectivity index (χ0v) is 16.8. The SMILES string of the molecule is CNc1ccnc(N2CCC(n3cc(CN4CCn5cccc5C4)nn3)CC2)n1. The van der Waals surface area contributed by atoms with Crippen LogP contribution in [0.3, 0.4) is 0 Å². The van der Waals surface area contributed by atoms with Crippen LogP contribution in [0.25, 0.3) is 0 Å². The molecular weight excluding hydrogens is 366 g/mol. The normalized spacial score (nSPS) is 18.0. The van der Waals surface area contributed by atoms with Gasteiger partial charge in [0, 0.05) is 64.4 Å². The Morgan fingerprint density at radius 3 is 2.90 bits per heavy atom. The fourth-order valence-electron chi connectivity index (χ4n) is 4.27. The van der Waals surface area contributed by atoms with Gasteiger partial charge in [0.15, 0.2) is 0 Å². The van der Waals surface area contributed by atoms with Crippen molar-refractivity contribution in [3.63, 3.8) is 0 Å². The lowest BCUT2D eigenvalue weighted by Crippen LogP contribution is -2.36. The van der Waals surface area contributed by atoms with Crippen molar-refractivity contribution in [1.82, 2.24) is 34.4 Å². The monoisotopic (exact) mass is 393 g/mol. The predicted octanol–water partition coefficient (Wildman–Crippen LogP) is 1.77. The Bertz CT molecular complexity index is 954. The van der Waals surface area contributed by atoms with Gasteiger partial charge < -0.3 is 14.8 Å². The van der Waals surface area contributed by atoms with Crippen LogP contribution >= 0.6 is 0 Å². The Labute approximate surface area is 170 Å². The van der Waals surface area contributed by atoms with Gasteiger partial charge in [0.2, 0.25) is 5.95 Å². The molecule has 152 valence electrons. The number of aromatic nitrogens is 6. The second kappa shape index (κ2) is 7.82. The fourth-order valence-corrected chi connectivity index (χ4v) is 4.27. The fraction of sp³-hybridized carbons (Fsp3) is 0.500. The standard InChI is InChI=1S/C20H27N9/c1-21-19-4-7-22-20(23-19)28-9-5-17(6-10-28)29-14-16(24-25-29)13-26-11-12-27-8-2-3-18(27)15-26/h2-4,7-8,14,17H,5-6,9-13,15H2,1H3,(H,21,22,23). The van der Waals surface area contributed by atoms with Gasteiger partial charge in [0.05, 0.1) is 17.9 Å². The summed E-state index contributed by atoms with van der Waals surface area (Å²) in [6, 6.07) is 6.60. The molecule has 0 spiro atoms. The van der Waals surface area contributed by atoms with Crippen LogP contribution in [0.5, 0.6) is 0 Å². The predicted molar refractivity (Wildman–Crippen MR) is 111 cm³/mol. The van der Waals surface area contributed by atoms with E-state index in [-0.39, 0.29) is 0 Å². The van der Waals surface area contributed by atoms with Crippen molar-refractivity contribution in [1.29, 1.82) is 0 Å². The van der Waals surface area contributed by atoms with Crippen molar-refractivity contribution in [3.8, 4) is 0 Å². The molecule has 1 fully saturated rings. The Morgan fingerprint density at radius 1 is 1.14 bits per heavy atom. The van der Waals surface area contributed by atoms with Crippen molar-refractivity contribution < 1.29 is 0 Å². The van der Waals surface area contributed by atoms with Gasteiger partial charge in [-0.2, -0.15) is 4.98 Å². The van der Waals surface area contributed by atoms with Crippen LogP contribution in [-0.2, 0) is 19.6 Å². The first kappa shape index (κ1) is 18.1. The third-order valence-electron chi connectivity index (χ3n) is 5.93. The molecule has 9 heteroatoms. The molecule has 29 heavy (non-hydrogen) atoms. The second-order valence-electron chi connectivity index (χ2n) is 7.80. The van der Waals surface area contributed by atoms with Gasteiger partial charge in [-0.3, -0.25) is 4.90 Å². The molecule has 0 saturated carbocycles. The Morgan fingerprint density at radius 2 is 2.03 bits per heavy atom. The molecule has 2 aliphatic heterocycles. The van der Waals surface area contributed by atoms with Crippen molar-refractivity contribution >= 4 is 11.8 Å². The molecule has 0 aromatic carbocycles. The summed E-state index contributed by atoms with van der Waals surface area (Å²) in [6.45, 7) is 5.79. The average Bonchev–Trinajstić information content (AvgIpc) is 3.43. The summed E-state index contributed by atoms with van der Waals surface area (Å²) in [5, 5.41) is 12.0. The van der Waals surface area contributed by atoms with Crippen LogP contribution in [-0.4, -0.2) is 61.1 Å². The molecule has 9 nitrogen and oxygen atoms in total. The number of nitrogens with one attached hydrogen (secondary N) is 1. The number of nitrogens with zero attached hydrogens (tertiary/aromatic N) is 8. The minimum Gasteiger partial charge on any atom is -0.373 e. The van der Waals surface area contributed by atoms with Gasteiger partial charge >= 0.3 is 0 Å². The summed E-state index contributed by atoms with van der Waals surface area (Å²) in [5.41, 5.74) is 2.43. The van der Waals surface area contributed by atoms with E-state index >= 15 is 0 Å². The number of hydrogen-bond acceptors (Lipinski definition) is 7. The molecule has 0 aliphatic carbocycles. The molecule has 0 radical (unpaired) electrons. The average molecular weight is 393 g/mol. The lowest BCUT2D eigenvalue weighted by Gasteiger charge is -2.31. The van der Waals surface area contributed by atoms with E-state index in [0.717, 1.165) is 69.6 Å². The quantitative estimate of drug-likeness (QED) is 0.708. The molecule has 0 atom stereocenters. The van der Waals surface area contributed by atoms with Gasteiger partial charge in [0.25, 0.3) is 0 Å². The molecule has 1 N–H and O–H groups in total. The van der Waals surface area contributed by atoms with Crippen molar-refractivity contribution in [2.24, 2.45) is 0 Å². The summed E-state index contributed by atoms with van der Waals surface area (Å²) >= 11 is 0. The van der Waals surface area contributed by atoms with Crippen molar-refractivity contribution in [2.45, 2.75) is 38.5 Å². The maximum atomic E-state index is 4.56. The van der Waals surface area contributed by atoms with E-state index in [4.69, 9.17) is 0 Å². The number of rotatable bonds is 5. The Balaban J connectivity index is 1.17. The van der Waals surface area contributed by atoms with Crippen LogP contribution in [0.2, 0.25) is 0 Å². The Kier molecular flexibility index (Phi) is 4.89. The molecule has 2 aliphatic rings. The van der Waals surface area contributed by atoms with Crippen molar-refractivity contribution in [2.75, 3.05) is 36.9 Å². The molecule has 3 aromatic rings. The van der Waals surface area contributed by atoms with Crippen LogP contribution in [0.15, 0.2) is 36.8 Å². The first-order valence-corrected chi connectivity index (χ1v) is 10.3. The molecule has 5 heterocycles. The summed E-state index contributed by atoms with van der Waals surface area (Å²) in [7, 11) is 1.88. The number of piperidine rings is 1. The highest BCUT2D eigenvalue weighted by Gasteiger charge is 2.24. The third-order valence-corrected chi connectivity index (χ3v) is 5.93. The maximum absolute atomic E-state index is 4.56. The highest BCUT2D eigenvalue weighted by atomic mass is 15.4. The van der Waals surface area contributed by atoms with Crippen LogP contribution < -0.4 is 10.2 Å². The first-order valence-electron chi connectivity index (χ1n) is 10.3. The number of hydrogen-bond donors (Lipinski definition) is 1. The Hall–Kier alpha value is -2.94. The zero-order chi connectivity index (χ0) is 19.6. The smallest absolute Gasteiger partial charge is 0.227 e. The van der Waals surface area contributed by atoms with E-state index in [1.807, 2.05) is 13.1 Å². The zero-order valence-electron chi connectivity index (χ0n) is 16.8. The highest BCUT2D eigenvalue weighted by molar-refractivity contribution is 5.40. The second-order valence-corrected chi connectivity index (χ2v) is 7.80. The first-order chi connectivity index (χ1) is 14.3. The summed E-state index contributed by atoms with van der Waals surface area (Å²) in [5.74, 6) is 1.65. The minimum atomic E-state index is 0.388. The van der Waals surface area contributed by atoms with Gasteiger partial charge in [-0.1, -0.05) is 5.21 Å². The van der Waals surface area contributed by atoms with E-state index in [9.17, 15) is 0 Å². The number of anilines is 2. The summed E-state index contributed by atoms with van der Waals surface area (Å²) in [6.07, 6.45) is 8.14. The molecule has 1 saturated heterocycles. The largest absolute Gasteiger partial charge is 0.373 e. The molecule has 0 bridgehead atoms. The molecule has 5 rings (SSSR count). The lowest BCUT2D eigenvalue weighted by molar-refractivity contribution is 0.210. The van der Waals surface area contributed by atoms with Gasteiger partial charge in [-0.15, -0.1) is 5.10 Å². The molecule has 3 aromatic heterocycles. The maximum Gasteiger partial charge on any atom is 0.227 e. The topological polar surface area (TPSA) is 79.9 Å². The van der Waals surface area contributed by atoms with Gasteiger partial charge in [-0.25, -0.2) is 9.67 Å².